The fourth-order valence-electron chi connectivity index (χ4n) is 4.00. The third kappa shape index (κ3) is 5.01. The summed E-state index contributed by atoms with van der Waals surface area (Å²) in [4.78, 5) is 39.4. The van der Waals surface area contributed by atoms with Gasteiger partial charge in [-0.15, -0.1) is 0 Å². The first kappa shape index (κ1) is 24.7. The van der Waals surface area contributed by atoms with E-state index in [0.29, 0.717) is 28.4 Å². The van der Waals surface area contributed by atoms with Crippen LogP contribution in [0, 0.1) is 13.8 Å². The monoisotopic (exact) mass is 552 g/mol. The molecule has 35 heavy (non-hydrogen) atoms. The Morgan fingerprint density at radius 1 is 1.06 bits per heavy atom. The summed E-state index contributed by atoms with van der Waals surface area (Å²) >= 11 is 10.2. The molecule has 0 radical (unpaired) electrons. The summed E-state index contributed by atoms with van der Waals surface area (Å²) < 4.78 is 6.53. The molecule has 4 amide bonds. The second-order valence-electron chi connectivity index (χ2n) is 8.20. The lowest BCUT2D eigenvalue weighted by Gasteiger charge is -2.27. The number of benzene rings is 3. The highest BCUT2D eigenvalue weighted by Crippen LogP contribution is 2.34. The van der Waals surface area contributed by atoms with Gasteiger partial charge < -0.3 is 4.74 Å². The predicted molar refractivity (Wildman–Crippen MR) is 140 cm³/mol. The minimum atomic E-state index is -0.788. The molecule has 4 rings (SSSR count). The van der Waals surface area contributed by atoms with E-state index in [1.807, 2.05) is 37.3 Å². The van der Waals surface area contributed by atoms with Gasteiger partial charge in [0.2, 0.25) is 0 Å². The molecule has 1 heterocycles. The molecular formula is C27H22BrClN2O4. The van der Waals surface area contributed by atoms with E-state index < -0.39 is 17.8 Å². The largest absolute Gasteiger partial charge is 0.496 e. The number of hydrogen-bond acceptors (Lipinski definition) is 4. The molecule has 0 aromatic heterocycles. The first-order chi connectivity index (χ1) is 16.7. The summed E-state index contributed by atoms with van der Waals surface area (Å²) in [5.41, 5.74) is 4.27. The number of barbiturate groups is 1. The number of imide groups is 2. The fraction of sp³-hybridized carbons (Fsp3) is 0.148. The Morgan fingerprint density at radius 3 is 2.49 bits per heavy atom. The van der Waals surface area contributed by atoms with Crippen molar-refractivity contribution in [1.29, 1.82) is 0 Å². The van der Waals surface area contributed by atoms with Gasteiger partial charge in [0.25, 0.3) is 11.8 Å². The zero-order valence-corrected chi connectivity index (χ0v) is 21.7. The first-order valence-corrected chi connectivity index (χ1v) is 11.9. The number of methoxy groups -OCH3 is 1. The number of hydrogen-bond donors (Lipinski definition) is 1. The highest BCUT2D eigenvalue weighted by atomic mass is 79.9. The van der Waals surface area contributed by atoms with E-state index in [2.05, 4.69) is 21.2 Å². The Kier molecular flexibility index (Phi) is 7.10. The topological polar surface area (TPSA) is 75.7 Å². The second-order valence-corrected chi connectivity index (χ2v) is 9.46. The normalized spacial score (nSPS) is 14.9. The van der Waals surface area contributed by atoms with Crippen molar-refractivity contribution in [2.45, 2.75) is 20.3 Å². The van der Waals surface area contributed by atoms with Crippen molar-refractivity contribution in [2.75, 3.05) is 12.0 Å². The Bertz CT molecular complexity index is 1400. The third-order valence-corrected chi connectivity index (χ3v) is 6.84. The second kappa shape index (κ2) is 10.1. The van der Waals surface area contributed by atoms with E-state index in [4.69, 9.17) is 16.3 Å². The molecule has 0 unspecified atom stereocenters. The van der Waals surface area contributed by atoms with Gasteiger partial charge in [0, 0.05) is 21.5 Å². The molecular weight excluding hydrogens is 532 g/mol. The van der Waals surface area contributed by atoms with Gasteiger partial charge >= 0.3 is 6.03 Å². The molecule has 1 saturated heterocycles. The standard InChI is InChI=1S/C27H22BrClN2O4/c1-15-8-9-23(16(2)10-15)31-26(33)20(25(32)30-27(31)34)11-17-12-22(29)19(24(13-17)35-3)14-18-6-4-5-7-21(18)28/h4-13H,14H2,1-3H3,(H,30,32,34)/b20-11+. The van der Waals surface area contributed by atoms with Crippen molar-refractivity contribution >= 4 is 57.1 Å². The van der Waals surface area contributed by atoms with Crippen molar-refractivity contribution in [1.82, 2.24) is 5.32 Å². The van der Waals surface area contributed by atoms with Crippen LogP contribution in [0.2, 0.25) is 5.02 Å². The molecule has 178 valence electrons. The minimum absolute atomic E-state index is 0.179. The van der Waals surface area contributed by atoms with Gasteiger partial charge in [-0.1, -0.05) is 63.4 Å². The first-order valence-electron chi connectivity index (χ1n) is 10.8. The maximum atomic E-state index is 13.3. The van der Waals surface area contributed by atoms with Crippen LogP contribution in [0.15, 0.2) is 64.6 Å². The molecule has 0 spiro atoms. The van der Waals surface area contributed by atoms with Gasteiger partial charge in [0.05, 0.1) is 12.8 Å². The van der Waals surface area contributed by atoms with Gasteiger partial charge in [-0.05, 0) is 60.9 Å². The summed E-state index contributed by atoms with van der Waals surface area (Å²) in [6.07, 6.45) is 1.94. The van der Waals surface area contributed by atoms with Crippen LogP contribution in [0.4, 0.5) is 10.5 Å². The maximum absolute atomic E-state index is 13.3. The minimum Gasteiger partial charge on any atom is -0.496 e. The summed E-state index contributed by atoms with van der Waals surface area (Å²) in [5.74, 6) is -0.961. The van der Waals surface area contributed by atoms with Gasteiger partial charge in [0.15, 0.2) is 0 Å². The molecule has 0 aliphatic carbocycles. The van der Waals surface area contributed by atoms with Crippen molar-refractivity contribution in [3.05, 3.63) is 97.5 Å². The molecule has 0 saturated carbocycles. The van der Waals surface area contributed by atoms with Gasteiger partial charge in [-0.3, -0.25) is 14.9 Å². The van der Waals surface area contributed by atoms with E-state index >= 15 is 0 Å². The molecule has 0 bridgehead atoms. The SMILES string of the molecule is COc1cc(/C=C2\C(=O)NC(=O)N(c3ccc(C)cc3C)C2=O)cc(Cl)c1Cc1ccccc1Br. The molecule has 1 N–H and O–H groups in total. The van der Waals surface area contributed by atoms with Gasteiger partial charge in [0.1, 0.15) is 11.3 Å². The molecule has 1 aliphatic rings. The number of rotatable bonds is 5. The van der Waals surface area contributed by atoms with Crippen LogP contribution in [-0.2, 0) is 16.0 Å². The Balaban J connectivity index is 1.72. The van der Waals surface area contributed by atoms with E-state index in [1.165, 1.54) is 13.2 Å². The third-order valence-electron chi connectivity index (χ3n) is 5.73. The highest BCUT2D eigenvalue weighted by molar-refractivity contribution is 9.10. The van der Waals surface area contributed by atoms with Crippen LogP contribution in [0.25, 0.3) is 6.08 Å². The van der Waals surface area contributed by atoms with Gasteiger partial charge in [-0.25, -0.2) is 9.69 Å². The molecule has 1 fully saturated rings. The maximum Gasteiger partial charge on any atom is 0.335 e. The Hall–Kier alpha value is -3.42. The molecule has 0 atom stereocenters. The molecule has 6 nitrogen and oxygen atoms in total. The fourth-order valence-corrected chi connectivity index (χ4v) is 4.71. The number of nitrogens with one attached hydrogen (secondary N) is 1. The van der Waals surface area contributed by atoms with Crippen molar-refractivity contribution in [3.8, 4) is 5.75 Å². The van der Waals surface area contributed by atoms with Crippen LogP contribution >= 0.6 is 27.5 Å². The molecule has 8 heteroatoms. The summed E-state index contributed by atoms with van der Waals surface area (Å²) in [6, 6.07) is 15.8. The average Bonchev–Trinajstić information content (AvgIpc) is 2.80. The molecule has 3 aromatic carbocycles. The van der Waals surface area contributed by atoms with Gasteiger partial charge in [-0.2, -0.15) is 0 Å². The van der Waals surface area contributed by atoms with Crippen LogP contribution in [0.3, 0.4) is 0 Å². The molecule has 3 aromatic rings. The summed E-state index contributed by atoms with van der Waals surface area (Å²) in [6.45, 7) is 3.72. The van der Waals surface area contributed by atoms with E-state index in [9.17, 15) is 14.4 Å². The number of urea groups is 1. The number of anilines is 1. The number of carbonyl (C=O) groups excluding carboxylic acids is 3. The summed E-state index contributed by atoms with van der Waals surface area (Å²) in [5, 5.41) is 2.68. The number of aryl methyl sites for hydroxylation is 2. The van der Waals surface area contributed by atoms with Crippen LogP contribution in [-0.4, -0.2) is 25.0 Å². The summed E-state index contributed by atoms with van der Waals surface area (Å²) in [7, 11) is 1.53. The lowest BCUT2D eigenvalue weighted by molar-refractivity contribution is -0.122. The number of ether oxygens (including phenoxy) is 1. The number of carbonyl (C=O) groups is 3. The Morgan fingerprint density at radius 2 is 1.80 bits per heavy atom. The van der Waals surface area contributed by atoms with Crippen LogP contribution < -0.4 is 15.0 Å². The number of amides is 4. The molecule has 1 aliphatic heterocycles. The van der Waals surface area contributed by atoms with Crippen molar-refractivity contribution in [2.24, 2.45) is 0 Å². The average molecular weight is 554 g/mol. The lowest BCUT2D eigenvalue weighted by Crippen LogP contribution is -2.54. The predicted octanol–water partition coefficient (Wildman–Crippen LogP) is 5.99. The highest BCUT2D eigenvalue weighted by Gasteiger charge is 2.37. The van der Waals surface area contributed by atoms with E-state index in [1.54, 1.807) is 31.2 Å². The van der Waals surface area contributed by atoms with E-state index in [-0.39, 0.29) is 5.57 Å². The number of nitrogens with zero attached hydrogens (tertiary/aromatic N) is 1. The van der Waals surface area contributed by atoms with Crippen molar-refractivity contribution < 1.29 is 19.1 Å². The van der Waals surface area contributed by atoms with Crippen molar-refractivity contribution in [3.63, 3.8) is 0 Å². The van der Waals surface area contributed by atoms with Crippen LogP contribution in [0.5, 0.6) is 5.75 Å². The quantitative estimate of drug-likeness (QED) is 0.311. The smallest absolute Gasteiger partial charge is 0.335 e. The Labute approximate surface area is 216 Å². The zero-order chi connectivity index (χ0) is 25.3. The van der Waals surface area contributed by atoms with Crippen LogP contribution in [0.1, 0.15) is 27.8 Å². The zero-order valence-electron chi connectivity index (χ0n) is 19.3. The lowest BCUT2D eigenvalue weighted by atomic mass is 10.00. The number of halogens is 2. The van der Waals surface area contributed by atoms with E-state index in [0.717, 1.165) is 31.6 Å².